The summed E-state index contributed by atoms with van der Waals surface area (Å²) in [7, 11) is 0. The minimum absolute atomic E-state index is 0.180. The Hall–Kier alpha value is -1.06. The predicted octanol–water partition coefficient (Wildman–Crippen LogP) is 2.39. The van der Waals surface area contributed by atoms with E-state index < -0.39 is 6.10 Å². The molecular formula is C10H12ClNO2. The van der Waals surface area contributed by atoms with Crippen molar-refractivity contribution in [2.75, 3.05) is 6.61 Å². The van der Waals surface area contributed by atoms with E-state index >= 15 is 0 Å². The summed E-state index contributed by atoms with van der Waals surface area (Å²) in [4.78, 5) is 0. The predicted molar refractivity (Wildman–Crippen MR) is 55.8 cm³/mol. The van der Waals surface area contributed by atoms with Gasteiger partial charge in [-0.25, -0.2) is 0 Å². The number of rotatable bonds is 3. The highest BCUT2D eigenvalue weighted by Gasteiger charge is 2.16. The fourth-order valence-corrected chi connectivity index (χ4v) is 1.31. The summed E-state index contributed by atoms with van der Waals surface area (Å²) >= 11 is 5.85. The molecule has 1 atom stereocenters. The van der Waals surface area contributed by atoms with Crippen molar-refractivity contribution in [2.45, 2.75) is 13.0 Å². The van der Waals surface area contributed by atoms with Gasteiger partial charge in [-0.3, -0.25) is 5.41 Å². The van der Waals surface area contributed by atoms with Gasteiger partial charge in [-0.05, 0) is 13.0 Å². The van der Waals surface area contributed by atoms with Crippen LogP contribution in [0.25, 0.3) is 0 Å². The van der Waals surface area contributed by atoms with Gasteiger partial charge in [0.2, 0.25) is 5.90 Å². The highest BCUT2D eigenvalue weighted by atomic mass is 35.5. The maximum Gasteiger partial charge on any atom is 0.215 e. The molecule has 14 heavy (non-hydrogen) atoms. The lowest BCUT2D eigenvalue weighted by molar-refractivity contribution is 0.190. The Morgan fingerprint density at radius 2 is 2.21 bits per heavy atom. The summed E-state index contributed by atoms with van der Waals surface area (Å²) in [6.45, 7) is 2.12. The van der Waals surface area contributed by atoms with E-state index in [0.29, 0.717) is 17.2 Å². The van der Waals surface area contributed by atoms with Crippen molar-refractivity contribution in [3.05, 3.63) is 34.9 Å². The second-order valence-electron chi connectivity index (χ2n) is 2.72. The average molecular weight is 214 g/mol. The molecule has 3 nitrogen and oxygen atoms in total. The SMILES string of the molecule is CCOC(=N)C(O)c1ccccc1Cl. The van der Waals surface area contributed by atoms with Gasteiger partial charge in [0.25, 0.3) is 0 Å². The van der Waals surface area contributed by atoms with Gasteiger partial charge in [0.15, 0.2) is 6.10 Å². The van der Waals surface area contributed by atoms with Crippen LogP contribution in [0.4, 0.5) is 0 Å². The van der Waals surface area contributed by atoms with E-state index in [9.17, 15) is 5.11 Å². The Bertz CT molecular complexity index is 328. The minimum atomic E-state index is -1.08. The second kappa shape index (κ2) is 4.98. The molecule has 0 aliphatic heterocycles. The molecule has 0 aromatic heterocycles. The smallest absolute Gasteiger partial charge is 0.215 e. The molecule has 0 heterocycles. The summed E-state index contributed by atoms with van der Waals surface area (Å²) in [6.07, 6.45) is -1.08. The molecule has 0 fully saturated rings. The Morgan fingerprint density at radius 1 is 1.57 bits per heavy atom. The largest absolute Gasteiger partial charge is 0.479 e. The Labute approximate surface area is 87.8 Å². The monoisotopic (exact) mass is 213 g/mol. The number of aliphatic hydroxyl groups is 1. The zero-order chi connectivity index (χ0) is 10.6. The number of nitrogens with one attached hydrogen (secondary N) is 1. The average Bonchev–Trinajstić information content (AvgIpc) is 2.18. The zero-order valence-electron chi connectivity index (χ0n) is 7.83. The molecule has 1 aromatic carbocycles. The van der Waals surface area contributed by atoms with Gasteiger partial charge in [-0.2, -0.15) is 0 Å². The third kappa shape index (κ3) is 2.47. The summed E-state index contributed by atoms with van der Waals surface area (Å²) < 4.78 is 4.89. The summed E-state index contributed by atoms with van der Waals surface area (Å²) in [5, 5.41) is 17.5. The van der Waals surface area contributed by atoms with Gasteiger partial charge in [-0.1, -0.05) is 29.8 Å². The van der Waals surface area contributed by atoms with Crippen LogP contribution in [0.5, 0.6) is 0 Å². The van der Waals surface area contributed by atoms with E-state index in [4.69, 9.17) is 21.7 Å². The first kappa shape index (κ1) is 11.0. The fourth-order valence-electron chi connectivity index (χ4n) is 1.07. The van der Waals surface area contributed by atoms with Crippen molar-refractivity contribution in [1.82, 2.24) is 0 Å². The van der Waals surface area contributed by atoms with Gasteiger partial charge in [0.1, 0.15) is 0 Å². The number of benzene rings is 1. The molecule has 1 unspecified atom stereocenters. The van der Waals surface area contributed by atoms with Crippen LogP contribution < -0.4 is 0 Å². The third-order valence-corrected chi connectivity index (χ3v) is 2.09. The molecule has 0 bridgehead atoms. The van der Waals surface area contributed by atoms with Crippen molar-refractivity contribution >= 4 is 17.5 Å². The van der Waals surface area contributed by atoms with Crippen LogP contribution in [-0.4, -0.2) is 17.6 Å². The maximum atomic E-state index is 9.67. The molecule has 0 aliphatic carbocycles. The van der Waals surface area contributed by atoms with Gasteiger partial charge in [-0.15, -0.1) is 0 Å². The summed E-state index contributed by atoms with van der Waals surface area (Å²) in [6, 6.07) is 6.85. The quantitative estimate of drug-likeness (QED) is 0.598. The van der Waals surface area contributed by atoms with E-state index in [2.05, 4.69) is 0 Å². The molecule has 0 aliphatic rings. The van der Waals surface area contributed by atoms with Crippen LogP contribution in [0.15, 0.2) is 24.3 Å². The van der Waals surface area contributed by atoms with E-state index in [1.165, 1.54) is 0 Å². The minimum Gasteiger partial charge on any atom is -0.479 e. The van der Waals surface area contributed by atoms with Crippen LogP contribution in [0.2, 0.25) is 5.02 Å². The van der Waals surface area contributed by atoms with E-state index in [1.807, 2.05) is 0 Å². The first-order chi connectivity index (χ1) is 6.66. The molecule has 1 aromatic rings. The molecule has 0 saturated heterocycles. The van der Waals surface area contributed by atoms with Crippen molar-refractivity contribution < 1.29 is 9.84 Å². The number of hydrogen-bond acceptors (Lipinski definition) is 3. The molecule has 1 rings (SSSR count). The molecule has 0 radical (unpaired) electrons. The number of hydrogen-bond donors (Lipinski definition) is 2. The van der Waals surface area contributed by atoms with E-state index in [0.717, 1.165) is 0 Å². The second-order valence-corrected chi connectivity index (χ2v) is 3.13. The molecule has 0 spiro atoms. The normalized spacial score (nSPS) is 12.2. The maximum absolute atomic E-state index is 9.67. The fraction of sp³-hybridized carbons (Fsp3) is 0.300. The van der Waals surface area contributed by atoms with Crippen LogP contribution in [0.3, 0.4) is 0 Å². The van der Waals surface area contributed by atoms with Crippen LogP contribution in [-0.2, 0) is 4.74 Å². The van der Waals surface area contributed by atoms with Crippen LogP contribution in [0, 0.1) is 5.41 Å². The Morgan fingerprint density at radius 3 is 2.79 bits per heavy atom. The lowest BCUT2D eigenvalue weighted by Crippen LogP contribution is -2.14. The first-order valence-corrected chi connectivity index (χ1v) is 4.68. The highest BCUT2D eigenvalue weighted by Crippen LogP contribution is 2.23. The topological polar surface area (TPSA) is 53.3 Å². The third-order valence-electron chi connectivity index (χ3n) is 1.75. The van der Waals surface area contributed by atoms with E-state index in [-0.39, 0.29) is 5.90 Å². The molecule has 2 N–H and O–H groups in total. The van der Waals surface area contributed by atoms with Gasteiger partial charge >= 0.3 is 0 Å². The summed E-state index contributed by atoms with van der Waals surface area (Å²) in [5.74, 6) is -0.180. The Kier molecular flexibility index (Phi) is 3.92. The van der Waals surface area contributed by atoms with Crippen LogP contribution in [0.1, 0.15) is 18.6 Å². The van der Waals surface area contributed by atoms with Crippen LogP contribution >= 0.6 is 11.6 Å². The van der Waals surface area contributed by atoms with Gasteiger partial charge in [0.05, 0.1) is 6.61 Å². The number of aliphatic hydroxyl groups excluding tert-OH is 1. The van der Waals surface area contributed by atoms with Crippen molar-refractivity contribution in [3.63, 3.8) is 0 Å². The molecule has 0 saturated carbocycles. The van der Waals surface area contributed by atoms with Crippen molar-refractivity contribution in [2.24, 2.45) is 0 Å². The van der Waals surface area contributed by atoms with Gasteiger partial charge < -0.3 is 9.84 Å². The lowest BCUT2D eigenvalue weighted by atomic mass is 10.1. The first-order valence-electron chi connectivity index (χ1n) is 4.30. The highest BCUT2D eigenvalue weighted by molar-refractivity contribution is 6.31. The molecular weight excluding hydrogens is 202 g/mol. The molecule has 0 amide bonds. The zero-order valence-corrected chi connectivity index (χ0v) is 8.58. The van der Waals surface area contributed by atoms with Crippen molar-refractivity contribution in [3.8, 4) is 0 Å². The standard InChI is InChI=1S/C10H12ClNO2/c1-2-14-10(12)9(13)7-5-3-4-6-8(7)11/h3-6,9,12-13H,2H2,1H3. The summed E-state index contributed by atoms with van der Waals surface area (Å²) in [5.41, 5.74) is 0.493. The number of ether oxygens (including phenoxy) is 1. The molecule has 4 heteroatoms. The molecule has 76 valence electrons. The lowest BCUT2D eigenvalue weighted by Gasteiger charge is -2.13. The van der Waals surface area contributed by atoms with Crippen molar-refractivity contribution in [1.29, 1.82) is 5.41 Å². The number of halogens is 1. The van der Waals surface area contributed by atoms with E-state index in [1.54, 1.807) is 31.2 Å². The Balaban J connectivity index is 2.84. The van der Waals surface area contributed by atoms with Gasteiger partial charge in [0, 0.05) is 10.6 Å².